The van der Waals surface area contributed by atoms with Gasteiger partial charge in [0.2, 0.25) is 11.3 Å². The molecule has 0 unspecified atom stereocenters. The van der Waals surface area contributed by atoms with Crippen LogP contribution in [0.4, 0.5) is 11.5 Å². The number of pyridine rings is 1. The molecular formula is C33H41N9O4. The molecule has 3 aromatic rings. The van der Waals surface area contributed by atoms with E-state index in [1.807, 2.05) is 30.5 Å². The first-order valence-corrected chi connectivity index (χ1v) is 16.5. The van der Waals surface area contributed by atoms with Crippen LogP contribution in [0.25, 0.3) is 11.2 Å². The predicted octanol–water partition coefficient (Wildman–Crippen LogP) is 2.17. The summed E-state index contributed by atoms with van der Waals surface area (Å²) in [7, 11) is 3.71. The maximum atomic E-state index is 14.4. The van der Waals surface area contributed by atoms with E-state index in [2.05, 4.69) is 20.2 Å². The number of anilines is 2. The van der Waals surface area contributed by atoms with Crippen molar-refractivity contribution < 1.29 is 14.7 Å². The zero-order chi connectivity index (χ0) is 32.1. The lowest BCUT2D eigenvalue weighted by Gasteiger charge is -2.71. The number of nitrogens with one attached hydrogen (secondary N) is 1. The summed E-state index contributed by atoms with van der Waals surface area (Å²) < 4.78 is 1.89. The summed E-state index contributed by atoms with van der Waals surface area (Å²) >= 11 is 0. The molecule has 1 saturated heterocycles. The van der Waals surface area contributed by atoms with Gasteiger partial charge in [0.05, 0.1) is 17.9 Å². The van der Waals surface area contributed by atoms with E-state index in [4.69, 9.17) is 9.97 Å². The van der Waals surface area contributed by atoms with Crippen LogP contribution in [0.5, 0.6) is 5.75 Å². The summed E-state index contributed by atoms with van der Waals surface area (Å²) in [6.07, 6.45) is 10.9. The minimum absolute atomic E-state index is 0.00169. The Kier molecular flexibility index (Phi) is 6.40. The summed E-state index contributed by atoms with van der Waals surface area (Å²) in [6.45, 7) is 4.47. The van der Waals surface area contributed by atoms with Crippen LogP contribution in [0.1, 0.15) is 73.7 Å². The molecular weight excluding hydrogens is 586 g/mol. The minimum atomic E-state index is -0.334. The van der Waals surface area contributed by atoms with Crippen molar-refractivity contribution in [1.29, 1.82) is 0 Å². The zero-order valence-corrected chi connectivity index (χ0v) is 26.9. The SMILES string of the molecule is CCc1c(N2CCN(C(=O)c3ncnc(C)c3O)[C@H]3CC[C@@H]32)c(=O)c2nc(N(C)C)cnc2n1CC(=O)NC12CC(C3CC3)(C1)C2. The third-order valence-corrected chi connectivity index (χ3v) is 11.4. The van der Waals surface area contributed by atoms with Crippen molar-refractivity contribution in [2.75, 3.05) is 37.0 Å². The van der Waals surface area contributed by atoms with E-state index in [9.17, 15) is 19.5 Å². The molecule has 2 atom stereocenters. The monoisotopic (exact) mass is 627 g/mol. The first kappa shape index (κ1) is 29.1. The molecule has 1 aliphatic heterocycles. The Balaban J connectivity index is 1.14. The third kappa shape index (κ3) is 4.22. The van der Waals surface area contributed by atoms with Crippen LogP contribution in [0.15, 0.2) is 17.3 Å². The van der Waals surface area contributed by atoms with E-state index in [1.165, 1.54) is 19.2 Å². The first-order valence-electron chi connectivity index (χ1n) is 16.5. The maximum absolute atomic E-state index is 14.4. The lowest BCUT2D eigenvalue weighted by molar-refractivity contribution is -0.176. The van der Waals surface area contributed by atoms with Gasteiger partial charge in [-0.3, -0.25) is 14.4 Å². The topological polar surface area (TPSA) is 150 Å². The highest BCUT2D eigenvalue weighted by molar-refractivity contribution is 5.95. The maximum Gasteiger partial charge on any atom is 0.276 e. The summed E-state index contributed by atoms with van der Waals surface area (Å²) in [5.41, 5.74) is 2.47. The normalized spacial score (nSPS) is 27.7. The summed E-state index contributed by atoms with van der Waals surface area (Å²) in [6, 6.07) is -0.236. The lowest BCUT2D eigenvalue weighted by atomic mass is 9.37. The standard InChI is InChI=1S/C33H41N9O4/c1-5-20-27(40-10-11-41(22-9-8-21(22)40)31(46)26-28(44)18(2)35-17-36-26)29(45)25-30(34-12-23(37-25)39(3)4)42(20)13-24(43)38-33-14-32(15-33,16-33)19-6-7-19/h12,17,19,21-22,44H,5-11,13-16H2,1-4H3,(H,38,43)/t21-,22-,32?,33?/m0/s1. The number of aromatic nitrogens is 5. The molecule has 2 amide bonds. The van der Waals surface area contributed by atoms with Gasteiger partial charge < -0.3 is 29.7 Å². The van der Waals surface area contributed by atoms with Crippen molar-refractivity contribution in [2.24, 2.45) is 11.3 Å². The smallest absolute Gasteiger partial charge is 0.276 e. The molecule has 5 aliphatic carbocycles. The number of hydrogen-bond acceptors (Lipinski definition) is 10. The first-order chi connectivity index (χ1) is 22.0. The van der Waals surface area contributed by atoms with Gasteiger partial charge in [0.15, 0.2) is 22.6 Å². The average Bonchev–Trinajstić information content (AvgIpc) is 3.82. The molecule has 9 rings (SSSR count). The third-order valence-electron chi connectivity index (χ3n) is 11.4. The quantitative estimate of drug-likeness (QED) is 0.381. The Morgan fingerprint density at radius 2 is 1.80 bits per heavy atom. The Labute approximate surface area is 267 Å². The summed E-state index contributed by atoms with van der Waals surface area (Å²) in [5, 5.41) is 13.9. The fourth-order valence-electron chi connectivity index (χ4n) is 8.90. The molecule has 13 nitrogen and oxygen atoms in total. The van der Waals surface area contributed by atoms with E-state index < -0.39 is 0 Å². The molecule has 46 heavy (non-hydrogen) atoms. The Hall–Kier alpha value is -4.29. The number of carbonyl (C=O) groups is 2. The van der Waals surface area contributed by atoms with Crippen LogP contribution in [0.2, 0.25) is 0 Å². The number of piperazine rings is 1. The number of aromatic hydroxyl groups is 1. The van der Waals surface area contributed by atoms with Gasteiger partial charge in [0.1, 0.15) is 24.4 Å². The second-order valence-electron chi connectivity index (χ2n) is 14.4. The molecule has 6 aliphatic rings. The molecule has 13 heteroatoms. The van der Waals surface area contributed by atoms with Gasteiger partial charge >= 0.3 is 0 Å². The highest BCUT2D eigenvalue weighted by atomic mass is 16.3. The van der Waals surface area contributed by atoms with E-state index in [0.717, 1.165) is 43.7 Å². The lowest BCUT2D eigenvalue weighted by Crippen LogP contribution is -2.75. The molecule has 4 heterocycles. The molecule has 0 spiro atoms. The van der Waals surface area contributed by atoms with Crippen molar-refractivity contribution in [3.63, 3.8) is 0 Å². The van der Waals surface area contributed by atoms with Crippen molar-refractivity contribution in [3.8, 4) is 5.75 Å². The van der Waals surface area contributed by atoms with Crippen LogP contribution >= 0.6 is 0 Å². The minimum Gasteiger partial charge on any atom is -0.504 e. The van der Waals surface area contributed by atoms with Gasteiger partial charge in [-0.1, -0.05) is 6.92 Å². The Morgan fingerprint density at radius 3 is 2.46 bits per heavy atom. The summed E-state index contributed by atoms with van der Waals surface area (Å²) in [5.74, 6) is 0.814. The molecule has 0 radical (unpaired) electrons. The van der Waals surface area contributed by atoms with E-state index in [0.29, 0.717) is 47.8 Å². The van der Waals surface area contributed by atoms with E-state index in [-0.39, 0.29) is 58.4 Å². The fraction of sp³-hybridized carbons (Fsp3) is 0.606. The molecule has 6 fully saturated rings. The largest absolute Gasteiger partial charge is 0.504 e. The fourth-order valence-corrected chi connectivity index (χ4v) is 8.90. The molecule has 0 aromatic carbocycles. The zero-order valence-electron chi connectivity index (χ0n) is 26.9. The van der Waals surface area contributed by atoms with Gasteiger partial charge in [-0.2, -0.15) is 0 Å². The van der Waals surface area contributed by atoms with Crippen LogP contribution in [0, 0.1) is 18.3 Å². The highest BCUT2D eigenvalue weighted by Crippen LogP contribution is 2.75. The van der Waals surface area contributed by atoms with Crippen LogP contribution < -0.4 is 20.5 Å². The van der Waals surface area contributed by atoms with Crippen molar-refractivity contribution in [3.05, 3.63) is 39.8 Å². The number of nitrogens with zero attached hydrogens (tertiary/aromatic N) is 8. The number of carbonyl (C=O) groups excluding carboxylic acids is 2. The van der Waals surface area contributed by atoms with Crippen molar-refractivity contribution in [1.82, 2.24) is 34.7 Å². The molecule has 3 aromatic heterocycles. The van der Waals surface area contributed by atoms with Crippen LogP contribution in [0.3, 0.4) is 0 Å². The van der Waals surface area contributed by atoms with E-state index in [1.54, 1.807) is 18.0 Å². The number of aryl methyl sites for hydroxylation is 1. The van der Waals surface area contributed by atoms with Gasteiger partial charge in [-0.25, -0.2) is 19.9 Å². The average molecular weight is 628 g/mol. The van der Waals surface area contributed by atoms with Gasteiger partial charge in [-0.15, -0.1) is 0 Å². The van der Waals surface area contributed by atoms with Gasteiger partial charge in [-0.05, 0) is 69.6 Å². The predicted molar refractivity (Wildman–Crippen MR) is 171 cm³/mol. The Morgan fingerprint density at radius 1 is 1.07 bits per heavy atom. The highest BCUT2D eigenvalue weighted by Gasteiger charge is 2.72. The van der Waals surface area contributed by atoms with Crippen molar-refractivity contribution in [2.45, 2.75) is 89.4 Å². The van der Waals surface area contributed by atoms with Crippen molar-refractivity contribution >= 4 is 34.5 Å². The van der Waals surface area contributed by atoms with Crippen LogP contribution in [-0.2, 0) is 17.8 Å². The van der Waals surface area contributed by atoms with Gasteiger partial charge in [0, 0.05) is 44.5 Å². The number of amides is 2. The summed E-state index contributed by atoms with van der Waals surface area (Å²) in [4.78, 5) is 64.9. The Bertz CT molecular complexity index is 1830. The molecule has 2 N–H and O–H groups in total. The number of fused-ring (bicyclic) bond motifs is 2. The molecule has 2 bridgehead atoms. The number of hydrogen-bond donors (Lipinski definition) is 2. The number of rotatable bonds is 8. The molecule has 242 valence electrons. The van der Waals surface area contributed by atoms with E-state index >= 15 is 0 Å². The second kappa shape index (κ2) is 10.1. The van der Waals surface area contributed by atoms with Gasteiger partial charge in [0.25, 0.3) is 5.91 Å². The second-order valence-corrected chi connectivity index (χ2v) is 14.4. The van der Waals surface area contributed by atoms with Crippen LogP contribution in [-0.4, -0.2) is 91.1 Å². The molecule has 5 saturated carbocycles.